The first kappa shape index (κ1) is 16.9. The van der Waals surface area contributed by atoms with Crippen LogP contribution < -0.4 is 10.6 Å². The summed E-state index contributed by atoms with van der Waals surface area (Å²) in [7, 11) is 1.64. The first-order chi connectivity index (χ1) is 9.30. The largest absolute Gasteiger partial charge is 0.366 e. The van der Waals surface area contributed by atoms with Crippen LogP contribution in [0.15, 0.2) is 0 Å². The molecule has 1 saturated heterocycles. The zero-order valence-electron chi connectivity index (χ0n) is 13.0. The van der Waals surface area contributed by atoms with Crippen molar-refractivity contribution in [1.82, 2.24) is 15.5 Å². The second-order valence-corrected chi connectivity index (χ2v) is 6.19. The number of rotatable bonds is 5. The molecule has 1 heterocycles. The second-order valence-electron chi connectivity index (χ2n) is 6.19. The Labute approximate surface area is 121 Å². The predicted octanol–water partition coefficient (Wildman–Crippen LogP) is 0.128. The third-order valence-corrected chi connectivity index (χ3v) is 3.24. The fraction of sp³-hybridized carbons (Fsp3) is 0.857. The number of likely N-dealkylation sites (tertiary alicyclic amines) is 1. The summed E-state index contributed by atoms with van der Waals surface area (Å²) in [5.74, 6) is -0.0317. The van der Waals surface area contributed by atoms with Gasteiger partial charge in [0.2, 0.25) is 11.8 Å². The molecule has 2 N–H and O–H groups in total. The Bertz CT molecular complexity index is 331. The molecular formula is C14H27N3O3. The van der Waals surface area contributed by atoms with Crippen LogP contribution in [0.4, 0.5) is 0 Å². The van der Waals surface area contributed by atoms with Crippen molar-refractivity contribution in [3.05, 3.63) is 0 Å². The molecule has 1 rings (SSSR count). The maximum Gasteiger partial charge on any atom is 0.246 e. The Kier molecular flexibility index (Phi) is 6.42. The number of amides is 2. The average Bonchev–Trinajstić information content (AvgIpc) is 2.38. The second kappa shape index (κ2) is 7.59. The van der Waals surface area contributed by atoms with Crippen LogP contribution in [-0.4, -0.2) is 61.6 Å². The lowest BCUT2D eigenvalue weighted by molar-refractivity contribution is -0.131. The van der Waals surface area contributed by atoms with Crippen LogP contribution in [0.2, 0.25) is 0 Å². The summed E-state index contributed by atoms with van der Waals surface area (Å²) >= 11 is 0. The molecule has 1 aliphatic heterocycles. The molecule has 0 aliphatic carbocycles. The molecule has 0 atom stereocenters. The molecular weight excluding hydrogens is 258 g/mol. The topological polar surface area (TPSA) is 70.7 Å². The van der Waals surface area contributed by atoms with Crippen molar-refractivity contribution in [2.24, 2.45) is 0 Å². The van der Waals surface area contributed by atoms with Gasteiger partial charge in [-0.3, -0.25) is 14.5 Å². The molecule has 1 fully saturated rings. The molecule has 0 saturated carbocycles. The molecule has 0 aromatic heterocycles. The van der Waals surface area contributed by atoms with Crippen LogP contribution in [0.25, 0.3) is 0 Å². The quantitative estimate of drug-likeness (QED) is 0.753. The van der Waals surface area contributed by atoms with Crippen molar-refractivity contribution in [3.8, 4) is 0 Å². The number of nitrogens with one attached hydrogen (secondary N) is 2. The van der Waals surface area contributed by atoms with Crippen LogP contribution in [0.5, 0.6) is 0 Å². The lowest BCUT2D eigenvalue weighted by Gasteiger charge is -2.32. The Morgan fingerprint density at radius 1 is 1.20 bits per heavy atom. The van der Waals surface area contributed by atoms with E-state index in [1.807, 2.05) is 20.8 Å². The van der Waals surface area contributed by atoms with Crippen LogP contribution in [0, 0.1) is 0 Å². The molecule has 0 spiro atoms. The van der Waals surface area contributed by atoms with Gasteiger partial charge >= 0.3 is 0 Å². The predicted molar refractivity (Wildman–Crippen MR) is 77.4 cm³/mol. The van der Waals surface area contributed by atoms with Crippen LogP contribution in [-0.2, 0) is 14.3 Å². The van der Waals surface area contributed by atoms with Gasteiger partial charge < -0.3 is 15.4 Å². The van der Waals surface area contributed by atoms with E-state index in [0.29, 0.717) is 6.54 Å². The molecule has 6 nitrogen and oxygen atoms in total. The van der Waals surface area contributed by atoms with E-state index in [1.165, 1.54) is 0 Å². The standard InChI is InChI=1S/C14H27N3O3/c1-14(2,3)20-10-13(19)16-11-5-7-17(8-6-11)9-12(18)15-4/h11H,5-10H2,1-4H3,(H,15,18)(H,16,19). The minimum Gasteiger partial charge on any atom is -0.366 e. The molecule has 20 heavy (non-hydrogen) atoms. The van der Waals surface area contributed by atoms with Crippen molar-refractivity contribution in [2.45, 2.75) is 45.3 Å². The van der Waals surface area contributed by atoms with Crippen molar-refractivity contribution in [3.63, 3.8) is 0 Å². The summed E-state index contributed by atoms with van der Waals surface area (Å²) in [6.07, 6.45) is 1.75. The van der Waals surface area contributed by atoms with Gasteiger partial charge in [0.05, 0.1) is 12.1 Å². The van der Waals surface area contributed by atoms with Gasteiger partial charge in [-0.05, 0) is 33.6 Å². The van der Waals surface area contributed by atoms with E-state index in [0.717, 1.165) is 25.9 Å². The van der Waals surface area contributed by atoms with Crippen LogP contribution >= 0.6 is 0 Å². The number of nitrogens with zero attached hydrogens (tertiary/aromatic N) is 1. The van der Waals surface area contributed by atoms with Gasteiger partial charge in [-0.2, -0.15) is 0 Å². The lowest BCUT2D eigenvalue weighted by Crippen LogP contribution is -2.48. The normalized spacial score (nSPS) is 17.8. The molecule has 1 aliphatic rings. The van der Waals surface area contributed by atoms with E-state index in [4.69, 9.17) is 4.74 Å². The van der Waals surface area contributed by atoms with E-state index in [9.17, 15) is 9.59 Å². The maximum absolute atomic E-state index is 11.7. The minimum absolute atomic E-state index is 0.0334. The molecule has 2 amide bonds. The maximum atomic E-state index is 11.7. The van der Waals surface area contributed by atoms with Gasteiger partial charge in [-0.1, -0.05) is 0 Å². The Hall–Kier alpha value is -1.14. The van der Waals surface area contributed by atoms with E-state index < -0.39 is 0 Å². The molecule has 0 unspecified atom stereocenters. The molecule has 6 heteroatoms. The van der Waals surface area contributed by atoms with E-state index in [1.54, 1.807) is 7.05 Å². The highest BCUT2D eigenvalue weighted by atomic mass is 16.5. The fourth-order valence-electron chi connectivity index (χ4n) is 2.07. The van der Waals surface area contributed by atoms with Gasteiger partial charge in [0.1, 0.15) is 6.61 Å². The number of ether oxygens (including phenoxy) is 1. The average molecular weight is 285 g/mol. The van der Waals surface area contributed by atoms with Crippen molar-refractivity contribution < 1.29 is 14.3 Å². The Morgan fingerprint density at radius 2 is 1.80 bits per heavy atom. The summed E-state index contributed by atoms with van der Waals surface area (Å²) in [5, 5.41) is 5.61. The molecule has 0 aromatic rings. The summed E-state index contributed by atoms with van der Waals surface area (Å²) in [5.41, 5.74) is -0.297. The highest BCUT2D eigenvalue weighted by Gasteiger charge is 2.22. The molecule has 0 bridgehead atoms. The smallest absolute Gasteiger partial charge is 0.246 e. The number of piperidine rings is 1. The highest BCUT2D eigenvalue weighted by Crippen LogP contribution is 2.10. The number of carbonyl (C=O) groups excluding carboxylic acids is 2. The third-order valence-electron chi connectivity index (χ3n) is 3.24. The van der Waals surface area contributed by atoms with Gasteiger partial charge in [0.15, 0.2) is 0 Å². The summed E-state index contributed by atoms with van der Waals surface area (Å²) < 4.78 is 5.45. The molecule has 116 valence electrons. The lowest BCUT2D eigenvalue weighted by atomic mass is 10.1. The third kappa shape index (κ3) is 6.86. The Balaban J connectivity index is 2.22. The molecule has 0 radical (unpaired) electrons. The molecule has 0 aromatic carbocycles. The van der Waals surface area contributed by atoms with Gasteiger partial charge in [0.25, 0.3) is 0 Å². The Morgan fingerprint density at radius 3 is 2.30 bits per heavy atom. The van der Waals surface area contributed by atoms with Gasteiger partial charge in [-0.25, -0.2) is 0 Å². The number of hydrogen-bond donors (Lipinski definition) is 2. The first-order valence-electron chi connectivity index (χ1n) is 7.16. The fourth-order valence-corrected chi connectivity index (χ4v) is 2.07. The van der Waals surface area contributed by atoms with Crippen LogP contribution in [0.3, 0.4) is 0 Å². The van der Waals surface area contributed by atoms with Crippen molar-refractivity contribution >= 4 is 11.8 Å². The minimum atomic E-state index is -0.297. The van der Waals surface area contributed by atoms with E-state index in [2.05, 4.69) is 15.5 Å². The van der Waals surface area contributed by atoms with Crippen LogP contribution in [0.1, 0.15) is 33.6 Å². The van der Waals surface area contributed by atoms with E-state index >= 15 is 0 Å². The zero-order valence-corrected chi connectivity index (χ0v) is 13.0. The van der Waals surface area contributed by atoms with Gasteiger partial charge in [-0.15, -0.1) is 0 Å². The van der Waals surface area contributed by atoms with Crippen molar-refractivity contribution in [1.29, 1.82) is 0 Å². The zero-order chi connectivity index (χ0) is 15.2. The van der Waals surface area contributed by atoms with Crippen molar-refractivity contribution in [2.75, 3.05) is 33.3 Å². The summed E-state index contributed by atoms with van der Waals surface area (Å²) in [4.78, 5) is 25.1. The summed E-state index contributed by atoms with van der Waals surface area (Å²) in [6, 6.07) is 0.187. The summed E-state index contributed by atoms with van der Waals surface area (Å²) in [6.45, 7) is 7.98. The monoisotopic (exact) mass is 285 g/mol. The number of carbonyl (C=O) groups is 2. The number of hydrogen-bond acceptors (Lipinski definition) is 4. The van der Waals surface area contributed by atoms with E-state index in [-0.39, 0.29) is 30.1 Å². The first-order valence-corrected chi connectivity index (χ1v) is 7.16. The van der Waals surface area contributed by atoms with Gasteiger partial charge in [0, 0.05) is 26.2 Å². The number of likely N-dealkylation sites (N-methyl/N-ethyl adjacent to an activating group) is 1. The SMILES string of the molecule is CNC(=O)CN1CCC(NC(=O)COC(C)(C)C)CC1. The highest BCUT2D eigenvalue weighted by molar-refractivity contribution is 5.78.